The van der Waals surface area contributed by atoms with E-state index in [1.54, 1.807) is 0 Å². The molecule has 1 saturated heterocycles. The second kappa shape index (κ2) is 5.91. The van der Waals surface area contributed by atoms with Crippen molar-refractivity contribution in [3.63, 3.8) is 0 Å². The number of hydrogen-bond donors (Lipinski definition) is 2. The lowest BCUT2D eigenvalue weighted by Gasteiger charge is -2.38. The van der Waals surface area contributed by atoms with Crippen LogP contribution in [-0.2, 0) is 0 Å². The van der Waals surface area contributed by atoms with Gasteiger partial charge in [0.1, 0.15) is 0 Å². The van der Waals surface area contributed by atoms with Gasteiger partial charge < -0.3 is 11.1 Å². The SMILES string of the molecule is Cl.N[C@@H]1CCC[C@H](N2CCNCC2)C1. The van der Waals surface area contributed by atoms with Crippen molar-refractivity contribution in [2.75, 3.05) is 26.2 Å². The number of rotatable bonds is 1. The van der Waals surface area contributed by atoms with Crippen LogP contribution in [0.1, 0.15) is 25.7 Å². The van der Waals surface area contributed by atoms with Crippen molar-refractivity contribution in [1.82, 2.24) is 10.2 Å². The highest BCUT2D eigenvalue weighted by molar-refractivity contribution is 5.85. The molecular formula is C10H22ClN3. The predicted molar refractivity (Wildman–Crippen MR) is 61.9 cm³/mol. The lowest BCUT2D eigenvalue weighted by Crippen LogP contribution is -2.51. The van der Waals surface area contributed by atoms with Crippen LogP contribution in [0.25, 0.3) is 0 Å². The number of halogens is 1. The Hall–Kier alpha value is 0.170. The first-order valence-electron chi connectivity index (χ1n) is 5.56. The van der Waals surface area contributed by atoms with Crippen molar-refractivity contribution in [2.45, 2.75) is 37.8 Å². The van der Waals surface area contributed by atoms with Crippen LogP contribution in [0, 0.1) is 0 Å². The topological polar surface area (TPSA) is 41.3 Å². The highest BCUT2D eigenvalue weighted by atomic mass is 35.5. The van der Waals surface area contributed by atoms with Crippen LogP contribution in [0.4, 0.5) is 0 Å². The van der Waals surface area contributed by atoms with Gasteiger partial charge in [-0.2, -0.15) is 0 Å². The van der Waals surface area contributed by atoms with E-state index >= 15 is 0 Å². The first-order chi connectivity index (χ1) is 6.36. The standard InChI is InChI=1S/C10H21N3.ClH/c11-9-2-1-3-10(8-9)13-6-4-12-5-7-13;/h9-10,12H,1-8,11H2;1H/t9-,10+;/m1./s1. The van der Waals surface area contributed by atoms with E-state index < -0.39 is 0 Å². The molecule has 0 spiro atoms. The van der Waals surface area contributed by atoms with Gasteiger partial charge in [-0.3, -0.25) is 4.90 Å². The fourth-order valence-electron chi connectivity index (χ4n) is 2.58. The summed E-state index contributed by atoms with van der Waals surface area (Å²) in [5, 5.41) is 3.39. The summed E-state index contributed by atoms with van der Waals surface area (Å²) >= 11 is 0. The zero-order chi connectivity index (χ0) is 9.10. The number of piperazine rings is 1. The van der Waals surface area contributed by atoms with Crippen molar-refractivity contribution in [2.24, 2.45) is 5.73 Å². The van der Waals surface area contributed by atoms with Gasteiger partial charge in [0.2, 0.25) is 0 Å². The molecule has 0 radical (unpaired) electrons. The molecule has 2 rings (SSSR count). The molecule has 1 saturated carbocycles. The molecule has 3 N–H and O–H groups in total. The number of nitrogens with one attached hydrogen (secondary N) is 1. The van der Waals surface area contributed by atoms with E-state index in [0.717, 1.165) is 19.1 Å². The Labute approximate surface area is 92.8 Å². The molecule has 0 unspecified atom stereocenters. The molecule has 2 atom stereocenters. The van der Waals surface area contributed by atoms with Crippen LogP contribution in [0.2, 0.25) is 0 Å². The first kappa shape index (κ1) is 12.2. The zero-order valence-electron chi connectivity index (χ0n) is 8.74. The van der Waals surface area contributed by atoms with Gasteiger partial charge in [0.05, 0.1) is 0 Å². The van der Waals surface area contributed by atoms with Gasteiger partial charge in [-0.05, 0) is 19.3 Å². The van der Waals surface area contributed by atoms with Gasteiger partial charge in [-0.1, -0.05) is 6.42 Å². The number of nitrogens with zero attached hydrogens (tertiary/aromatic N) is 1. The van der Waals surface area contributed by atoms with Crippen LogP contribution < -0.4 is 11.1 Å². The Morgan fingerprint density at radius 1 is 1.14 bits per heavy atom. The van der Waals surface area contributed by atoms with E-state index in [1.807, 2.05) is 0 Å². The number of hydrogen-bond acceptors (Lipinski definition) is 3. The van der Waals surface area contributed by atoms with Gasteiger partial charge in [0.25, 0.3) is 0 Å². The molecule has 2 fully saturated rings. The van der Waals surface area contributed by atoms with Crippen molar-refractivity contribution >= 4 is 12.4 Å². The Balaban J connectivity index is 0.000000980. The molecule has 3 nitrogen and oxygen atoms in total. The molecule has 14 heavy (non-hydrogen) atoms. The van der Waals surface area contributed by atoms with Gasteiger partial charge in [-0.25, -0.2) is 0 Å². The summed E-state index contributed by atoms with van der Waals surface area (Å²) in [7, 11) is 0. The number of nitrogens with two attached hydrogens (primary N) is 1. The summed E-state index contributed by atoms with van der Waals surface area (Å²) in [6.45, 7) is 4.76. The third-order valence-corrected chi connectivity index (χ3v) is 3.36. The maximum absolute atomic E-state index is 5.99. The molecule has 0 amide bonds. The fourth-order valence-corrected chi connectivity index (χ4v) is 2.58. The second-order valence-electron chi connectivity index (χ2n) is 4.37. The van der Waals surface area contributed by atoms with Crippen molar-refractivity contribution in [1.29, 1.82) is 0 Å². The summed E-state index contributed by atoms with van der Waals surface area (Å²) in [5.74, 6) is 0. The van der Waals surface area contributed by atoms with Crippen LogP contribution >= 0.6 is 12.4 Å². The molecule has 0 bridgehead atoms. The molecule has 1 aliphatic heterocycles. The largest absolute Gasteiger partial charge is 0.328 e. The van der Waals surface area contributed by atoms with Crippen LogP contribution in [0.3, 0.4) is 0 Å². The predicted octanol–water partition coefficient (Wildman–Crippen LogP) is 0.583. The molecule has 1 heterocycles. The third-order valence-electron chi connectivity index (χ3n) is 3.36. The summed E-state index contributed by atoms with van der Waals surface area (Å²) in [4.78, 5) is 2.62. The summed E-state index contributed by atoms with van der Waals surface area (Å²) in [5.41, 5.74) is 5.99. The first-order valence-corrected chi connectivity index (χ1v) is 5.56. The van der Waals surface area contributed by atoms with E-state index in [0.29, 0.717) is 6.04 Å². The molecule has 2 aliphatic rings. The molecular weight excluding hydrogens is 198 g/mol. The smallest absolute Gasteiger partial charge is 0.0111 e. The maximum atomic E-state index is 5.99. The molecule has 0 aromatic heterocycles. The summed E-state index contributed by atoms with van der Waals surface area (Å²) in [6.07, 6.45) is 5.16. The van der Waals surface area contributed by atoms with E-state index in [2.05, 4.69) is 10.2 Å². The summed E-state index contributed by atoms with van der Waals surface area (Å²) in [6, 6.07) is 1.25. The van der Waals surface area contributed by atoms with Crippen LogP contribution in [0.5, 0.6) is 0 Å². The Bertz CT molecular complexity index is 159. The van der Waals surface area contributed by atoms with Crippen molar-refractivity contribution in [3.05, 3.63) is 0 Å². The average molecular weight is 220 g/mol. The molecule has 84 valence electrons. The Morgan fingerprint density at radius 2 is 1.86 bits per heavy atom. The van der Waals surface area contributed by atoms with Crippen LogP contribution in [0.15, 0.2) is 0 Å². The molecule has 0 aromatic carbocycles. The highest BCUT2D eigenvalue weighted by Gasteiger charge is 2.25. The fraction of sp³-hybridized carbons (Fsp3) is 1.00. The monoisotopic (exact) mass is 219 g/mol. The highest BCUT2D eigenvalue weighted by Crippen LogP contribution is 2.21. The minimum Gasteiger partial charge on any atom is -0.328 e. The van der Waals surface area contributed by atoms with E-state index in [9.17, 15) is 0 Å². The zero-order valence-corrected chi connectivity index (χ0v) is 9.56. The quantitative estimate of drug-likeness (QED) is 0.678. The molecule has 4 heteroatoms. The van der Waals surface area contributed by atoms with Crippen molar-refractivity contribution < 1.29 is 0 Å². The normalized spacial score (nSPS) is 34.9. The van der Waals surface area contributed by atoms with Gasteiger partial charge in [0.15, 0.2) is 0 Å². The summed E-state index contributed by atoms with van der Waals surface area (Å²) < 4.78 is 0. The Kier molecular flexibility index (Phi) is 5.17. The Morgan fingerprint density at radius 3 is 2.50 bits per heavy atom. The van der Waals surface area contributed by atoms with Crippen molar-refractivity contribution in [3.8, 4) is 0 Å². The maximum Gasteiger partial charge on any atom is 0.0111 e. The third kappa shape index (κ3) is 3.09. The van der Waals surface area contributed by atoms with Crippen LogP contribution in [-0.4, -0.2) is 43.2 Å². The second-order valence-corrected chi connectivity index (χ2v) is 4.37. The molecule has 1 aliphatic carbocycles. The van der Waals surface area contributed by atoms with Gasteiger partial charge in [-0.15, -0.1) is 12.4 Å². The molecule has 0 aromatic rings. The lowest BCUT2D eigenvalue weighted by atomic mass is 9.90. The minimum atomic E-state index is 0. The van der Waals surface area contributed by atoms with E-state index in [-0.39, 0.29) is 12.4 Å². The average Bonchev–Trinajstić information content (AvgIpc) is 2.19. The van der Waals surface area contributed by atoms with E-state index in [4.69, 9.17) is 5.73 Å². The van der Waals surface area contributed by atoms with E-state index in [1.165, 1.54) is 38.8 Å². The lowest BCUT2D eigenvalue weighted by molar-refractivity contribution is 0.131. The van der Waals surface area contributed by atoms with Gasteiger partial charge >= 0.3 is 0 Å². The minimum absolute atomic E-state index is 0. The van der Waals surface area contributed by atoms with Gasteiger partial charge in [0, 0.05) is 38.3 Å².